The molecule has 2 N–H and O–H groups in total. The Bertz CT molecular complexity index is 326. The molecule has 2 heterocycles. The van der Waals surface area contributed by atoms with Gasteiger partial charge in [-0.2, -0.15) is 0 Å². The number of hydrogen-bond acceptors (Lipinski definition) is 5. The molecule has 0 radical (unpaired) electrons. The van der Waals surface area contributed by atoms with Gasteiger partial charge in [-0.25, -0.2) is 0 Å². The lowest BCUT2D eigenvalue weighted by Crippen LogP contribution is -2.08. The quantitative estimate of drug-likeness (QED) is 0.824. The van der Waals surface area contributed by atoms with E-state index in [9.17, 15) is 0 Å². The Kier molecular flexibility index (Phi) is 3.02. The summed E-state index contributed by atoms with van der Waals surface area (Å²) in [6.07, 6.45) is 3.03. The van der Waals surface area contributed by atoms with Crippen LogP contribution in [0.5, 0.6) is 0 Å². The van der Waals surface area contributed by atoms with E-state index in [0.29, 0.717) is 11.8 Å². The molecule has 0 amide bonds. The van der Waals surface area contributed by atoms with Crippen LogP contribution >= 0.6 is 0 Å². The highest BCUT2D eigenvalue weighted by Gasteiger charge is 2.28. The number of hydrogen-bond donors (Lipinski definition) is 1. The summed E-state index contributed by atoms with van der Waals surface area (Å²) in [5.74, 6) is 1.08. The van der Waals surface area contributed by atoms with Crippen molar-refractivity contribution in [2.24, 2.45) is 5.73 Å². The van der Waals surface area contributed by atoms with Crippen molar-refractivity contribution in [2.45, 2.75) is 51.4 Å². The lowest BCUT2D eigenvalue weighted by atomic mass is 10.2. The number of aromatic nitrogens is 2. The Morgan fingerprint density at radius 1 is 1.47 bits per heavy atom. The van der Waals surface area contributed by atoms with Crippen LogP contribution in [0.4, 0.5) is 0 Å². The highest BCUT2D eigenvalue weighted by Crippen LogP contribution is 2.32. The van der Waals surface area contributed by atoms with Gasteiger partial charge in [0.05, 0.1) is 12.1 Å². The molecule has 84 valence electrons. The van der Waals surface area contributed by atoms with Gasteiger partial charge in [-0.3, -0.25) is 0 Å². The van der Waals surface area contributed by atoms with E-state index in [0.717, 1.165) is 19.3 Å². The van der Waals surface area contributed by atoms with Gasteiger partial charge in [0.15, 0.2) is 0 Å². The van der Waals surface area contributed by atoms with Gasteiger partial charge in [-0.1, -0.05) is 6.92 Å². The maximum atomic E-state index is 5.80. The summed E-state index contributed by atoms with van der Waals surface area (Å²) in [5.41, 5.74) is 5.80. The first-order valence-electron chi connectivity index (χ1n) is 5.45. The van der Waals surface area contributed by atoms with Crippen LogP contribution in [0, 0.1) is 0 Å². The van der Waals surface area contributed by atoms with Crippen LogP contribution in [0.25, 0.3) is 0 Å². The molecule has 2 rings (SSSR count). The number of rotatable bonds is 3. The van der Waals surface area contributed by atoms with Crippen molar-refractivity contribution in [1.29, 1.82) is 0 Å². The van der Waals surface area contributed by atoms with Gasteiger partial charge in [-0.05, 0) is 26.2 Å². The fourth-order valence-corrected chi connectivity index (χ4v) is 1.69. The van der Waals surface area contributed by atoms with Gasteiger partial charge in [0.1, 0.15) is 6.10 Å². The van der Waals surface area contributed by atoms with Crippen LogP contribution in [-0.4, -0.2) is 16.3 Å². The zero-order valence-electron chi connectivity index (χ0n) is 9.14. The monoisotopic (exact) mass is 211 g/mol. The van der Waals surface area contributed by atoms with E-state index in [1.165, 1.54) is 0 Å². The van der Waals surface area contributed by atoms with Gasteiger partial charge in [0.2, 0.25) is 11.8 Å². The lowest BCUT2D eigenvalue weighted by molar-refractivity contribution is 0.0381. The normalized spacial score (nSPS) is 28.2. The fraction of sp³-hybridized carbons (Fsp3) is 0.800. The molecule has 0 aromatic carbocycles. The Balaban J connectivity index is 2.07. The molecule has 1 aromatic rings. The maximum Gasteiger partial charge on any atom is 0.245 e. The van der Waals surface area contributed by atoms with E-state index in [1.807, 2.05) is 6.92 Å². The van der Waals surface area contributed by atoms with Crippen LogP contribution in [-0.2, 0) is 4.74 Å². The first kappa shape index (κ1) is 10.6. The van der Waals surface area contributed by atoms with E-state index in [1.54, 1.807) is 0 Å². The molecule has 1 aromatic heterocycles. The second-order valence-corrected chi connectivity index (χ2v) is 4.01. The number of nitrogens with two attached hydrogens (primary N) is 1. The van der Waals surface area contributed by atoms with Crippen LogP contribution in [0.15, 0.2) is 4.42 Å². The SMILES string of the molecule is CCC(N)c1nnc(C2CCC(C)O2)o1. The third kappa shape index (κ3) is 2.18. The predicted octanol–water partition coefficient (Wildman–Crippen LogP) is 1.72. The third-order valence-electron chi connectivity index (χ3n) is 2.72. The smallest absolute Gasteiger partial charge is 0.245 e. The average molecular weight is 211 g/mol. The summed E-state index contributed by atoms with van der Waals surface area (Å²) in [7, 11) is 0. The molecule has 15 heavy (non-hydrogen) atoms. The van der Waals surface area contributed by atoms with Crippen molar-refractivity contribution < 1.29 is 9.15 Å². The fourth-order valence-electron chi connectivity index (χ4n) is 1.69. The van der Waals surface area contributed by atoms with E-state index >= 15 is 0 Å². The molecule has 3 unspecified atom stereocenters. The molecular formula is C10H17N3O2. The second kappa shape index (κ2) is 4.28. The summed E-state index contributed by atoms with van der Waals surface area (Å²) >= 11 is 0. The van der Waals surface area contributed by atoms with Gasteiger partial charge in [0.25, 0.3) is 0 Å². The molecule has 0 bridgehead atoms. The van der Waals surface area contributed by atoms with Crippen LogP contribution in [0.2, 0.25) is 0 Å². The maximum absolute atomic E-state index is 5.80. The first-order valence-corrected chi connectivity index (χ1v) is 5.45. The largest absolute Gasteiger partial charge is 0.421 e. The van der Waals surface area contributed by atoms with E-state index in [4.69, 9.17) is 14.9 Å². The third-order valence-corrected chi connectivity index (χ3v) is 2.72. The molecule has 1 aliphatic rings. The highest BCUT2D eigenvalue weighted by atomic mass is 16.5. The predicted molar refractivity (Wildman–Crippen MR) is 54.0 cm³/mol. The highest BCUT2D eigenvalue weighted by molar-refractivity contribution is 4.93. The van der Waals surface area contributed by atoms with Crippen molar-refractivity contribution >= 4 is 0 Å². The Morgan fingerprint density at radius 2 is 2.27 bits per heavy atom. The van der Waals surface area contributed by atoms with Gasteiger partial charge < -0.3 is 14.9 Å². The van der Waals surface area contributed by atoms with Crippen molar-refractivity contribution in [1.82, 2.24) is 10.2 Å². The molecular weight excluding hydrogens is 194 g/mol. The summed E-state index contributed by atoms with van der Waals surface area (Å²) in [6.45, 7) is 4.04. The summed E-state index contributed by atoms with van der Waals surface area (Å²) in [6, 6.07) is -0.162. The molecule has 5 heteroatoms. The number of ether oxygens (including phenoxy) is 1. The van der Waals surface area contributed by atoms with Crippen LogP contribution in [0.3, 0.4) is 0 Å². The number of nitrogens with zero attached hydrogens (tertiary/aromatic N) is 2. The lowest BCUT2D eigenvalue weighted by Gasteiger charge is -2.05. The van der Waals surface area contributed by atoms with E-state index < -0.39 is 0 Å². The average Bonchev–Trinajstić information content (AvgIpc) is 2.84. The molecule has 0 spiro atoms. The minimum absolute atomic E-state index is 0.0368. The van der Waals surface area contributed by atoms with Gasteiger partial charge >= 0.3 is 0 Å². The minimum Gasteiger partial charge on any atom is -0.421 e. The Morgan fingerprint density at radius 3 is 2.87 bits per heavy atom. The zero-order valence-corrected chi connectivity index (χ0v) is 9.14. The molecule has 3 atom stereocenters. The molecule has 1 aliphatic heterocycles. The second-order valence-electron chi connectivity index (χ2n) is 4.01. The van der Waals surface area contributed by atoms with Crippen LogP contribution < -0.4 is 5.73 Å². The van der Waals surface area contributed by atoms with Crippen molar-refractivity contribution in [2.75, 3.05) is 0 Å². The van der Waals surface area contributed by atoms with Gasteiger partial charge in [-0.15, -0.1) is 10.2 Å². The summed E-state index contributed by atoms with van der Waals surface area (Å²) < 4.78 is 11.1. The van der Waals surface area contributed by atoms with Crippen molar-refractivity contribution in [3.05, 3.63) is 11.8 Å². The standard InChI is InChI=1S/C10H17N3O2/c1-3-7(11)9-12-13-10(15-9)8-5-4-6(2)14-8/h6-8H,3-5,11H2,1-2H3. The Labute approximate surface area is 89.0 Å². The molecule has 1 saturated heterocycles. The van der Waals surface area contributed by atoms with E-state index in [-0.39, 0.29) is 18.2 Å². The van der Waals surface area contributed by atoms with Crippen LogP contribution in [0.1, 0.15) is 57.0 Å². The Hall–Kier alpha value is -0.940. The first-order chi connectivity index (χ1) is 7.20. The van der Waals surface area contributed by atoms with Crippen molar-refractivity contribution in [3.63, 3.8) is 0 Å². The zero-order chi connectivity index (χ0) is 10.8. The molecule has 0 saturated carbocycles. The van der Waals surface area contributed by atoms with E-state index in [2.05, 4.69) is 17.1 Å². The topological polar surface area (TPSA) is 74.2 Å². The summed E-state index contributed by atoms with van der Waals surface area (Å²) in [5, 5.41) is 7.91. The minimum atomic E-state index is -0.162. The molecule has 1 fully saturated rings. The molecule has 0 aliphatic carbocycles. The molecule has 5 nitrogen and oxygen atoms in total. The van der Waals surface area contributed by atoms with Crippen molar-refractivity contribution in [3.8, 4) is 0 Å². The summed E-state index contributed by atoms with van der Waals surface area (Å²) in [4.78, 5) is 0. The van der Waals surface area contributed by atoms with Gasteiger partial charge in [0, 0.05) is 0 Å².